The van der Waals surface area contributed by atoms with E-state index in [2.05, 4.69) is 4.84 Å². The monoisotopic (exact) mass is 220 g/mol. The highest BCUT2D eigenvalue weighted by atomic mass is 16.7. The fraction of sp³-hybridized carbons (Fsp3) is 0. The predicted octanol–water partition coefficient (Wildman–Crippen LogP) is 0.847. The van der Waals surface area contributed by atoms with Gasteiger partial charge >= 0.3 is 12.1 Å². The number of carbonyl (C=O) groups is 2. The molecule has 1 aromatic carbocycles. The summed E-state index contributed by atoms with van der Waals surface area (Å²) in [6, 6.07) is 6.66. The van der Waals surface area contributed by atoms with Gasteiger partial charge in [0.15, 0.2) is 0 Å². The molecule has 0 saturated carbocycles. The Labute approximate surface area is 89.8 Å². The van der Waals surface area contributed by atoms with E-state index >= 15 is 0 Å². The Balaban J connectivity index is 2.66. The van der Waals surface area contributed by atoms with E-state index in [9.17, 15) is 9.59 Å². The summed E-state index contributed by atoms with van der Waals surface area (Å²) in [7, 11) is 0. The van der Waals surface area contributed by atoms with Crippen molar-refractivity contribution in [3.8, 4) is 0 Å². The Kier molecular flexibility index (Phi) is 2.24. The number of carboxylic acids is 1. The molecule has 0 saturated heterocycles. The Morgan fingerprint density at radius 2 is 2.00 bits per heavy atom. The van der Waals surface area contributed by atoms with Gasteiger partial charge in [0, 0.05) is 5.39 Å². The number of hydrogen-bond donors (Lipinski definition) is 2. The third kappa shape index (κ3) is 1.56. The molecule has 0 unspecified atom stereocenters. The van der Waals surface area contributed by atoms with Crippen LogP contribution in [0.15, 0.2) is 30.5 Å². The summed E-state index contributed by atoms with van der Waals surface area (Å²) in [5.41, 5.74) is 5.40. The van der Waals surface area contributed by atoms with Crippen molar-refractivity contribution in [3.63, 3.8) is 0 Å². The lowest BCUT2D eigenvalue weighted by molar-refractivity contribution is 0.0696. The third-order valence-corrected chi connectivity index (χ3v) is 2.10. The summed E-state index contributed by atoms with van der Waals surface area (Å²) in [4.78, 5) is 26.2. The zero-order valence-electron chi connectivity index (χ0n) is 8.08. The number of nitrogens with two attached hydrogens (primary N) is 1. The van der Waals surface area contributed by atoms with Gasteiger partial charge in [-0.3, -0.25) is 0 Å². The first-order valence-corrected chi connectivity index (χ1v) is 4.41. The summed E-state index contributed by atoms with van der Waals surface area (Å²) in [6.45, 7) is 0. The van der Waals surface area contributed by atoms with Crippen LogP contribution in [0.5, 0.6) is 0 Å². The summed E-state index contributed by atoms with van der Waals surface area (Å²) < 4.78 is 1.04. The van der Waals surface area contributed by atoms with Crippen molar-refractivity contribution >= 4 is 23.0 Å². The zero-order chi connectivity index (χ0) is 11.7. The maximum atomic E-state index is 10.9. The standard InChI is InChI=1S/C10H8N2O4/c11-10(15)16-12-5-7(9(13)14)6-3-1-2-4-8(6)12/h1-5H,(H2,11,15)(H,13,14). The van der Waals surface area contributed by atoms with Gasteiger partial charge < -0.3 is 15.7 Å². The Morgan fingerprint density at radius 1 is 1.31 bits per heavy atom. The molecular formula is C10H8N2O4. The third-order valence-electron chi connectivity index (χ3n) is 2.10. The predicted molar refractivity (Wildman–Crippen MR) is 55.1 cm³/mol. The van der Waals surface area contributed by atoms with E-state index in [0.717, 1.165) is 4.73 Å². The number of fused-ring (bicyclic) bond motifs is 1. The van der Waals surface area contributed by atoms with E-state index in [1.54, 1.807) is 24.3 Å². The number of carboxylic acid groups (broad SMARTS) is 1. The lowest BCUT2D eigenvalue weighted by Crippen LogP contribution is -2.24. The molecule has 82 valence electrons. The molecule has 6 nitrogen and oxygen atoms in total. The second-order valence-electron chi connectivity index (χ2n) is 3.10. The number of rotatable bonds is 2. The van der Waals surface area contributed by atoms with Gasteiger partial charge in [-0.05, 0) is 6.07 Å². The van der Waals surface area contributed by atoms with Gasteiger partial charge in [0.25, 0.3) is 0 Å². The van der Waals surface area contributed by atoms with Crippen LogP contribution in [0.3, 0.4) is 0 Å². The van der Waals surface area contributed by atoms with E-state index in [-0.39, 0.29) is 5.56 Å². The molecule has 1 amide bonds. The van der Waals surface area contributed by atoms with Crippen LogP contribution in [-0.2, 0) is 0 Å². The first-order valence-electron chi connectivity index (χ1n) is 4.41. The summed E-state index contributed by atoms with van der Waals surface area (Å²) in [5, 5.41) is 9.43. The van der Waals surface area contributed by atoms with Crippen LogP contribution < -0.4 is 10.6 Å². The molecule has 0 radical (unpaired) electrons. The van der Waals surface area contributed by atoms with Crippen LogP contribution in [0.1, 0.15) is 10.4 Å². The number of nitrogens with zero attached hydrogens (tertiary/aromatic N) is 1. The fourth-order valence-corrected chi connectivity index (χ4v) is 1.49. The highest BCUT2D eigenvalue weighted by molar-refractivity contribution is 6.03. The number of benzene rings is 1. The van der Waals surface area contributed by atoms with Crippen molar-refractivity contribution in [1.82, 2.24) is 4.73 Å². The minimum absolute atomic E-state index is 0.0526. The van der Waals surface area contributed by atoms with E-state index < -0.39 is 12.1 Å². The maximum absolute atomic E-state index is 10.9. The van der Waals surface area contributed by atoms with Gasteiger partial charge in [0.05, 0.1) is 17.3 Å². The molecule has 0 fully saturated rings. The molecule has 0 aliphatic rings. The minimum Gasteiger partial charge on any atom is -0.478 e. The number of amides is 1. The Hall–Kier alpha value is -2.50. The van der Waals surface area contributed by atoms with E-state index in [1.165, 1.54) is 6.20 Å². The molecule has 0 aliphatic heterocycles. The average molecular weight is 220 g/mol. The molecule has 2 aromatic rings. The number of primary amides is 1. The van der Waals surface area contributed by atoms with Crippen LogP contribution in [0.4, 0.5) is 4.79 Å². The molecule has 2 rings (SSSR count). The second-order valence-corrected chi connectivity index (χ2v) is 3.10. The van der Waals surface area contributed by atoms with Crippen molar-refractivity contribution < 1.29 is 19.5 Å². The highest BCUT2D eigenvalue weighted by Crippen LogP contribution is 2.20. The van der Waals surface area contributed by atoms with Gasteiger partial charge in [0.2, 0.25) is 0 Å². The van der Waals surface area contributed by atoms with Crippen LogP contribution >= 0.6 is 0 Å². The number of aromatic carboxylic acids is 1. The van der Waals surface area contributed by atoms with Crippen LogP contribution in [0, 0.1) is 0 Å². The molecule has 1 heterocycles. The average Bonchev–Trinajstić information content (AvgIpc) is 2.57. The fourth-order valence-electron chi connectivity index (χ4n) is 1.49. The molecule has 0 spiro atoms. The number of para-hydroxylation sites is 1. The van der Waals surface area contributed by atoms with Gasteiger partial charge in [0.1, 0.15) is 0 Å². The van der Waals surface area contributed by atoms with E-state index in [0.29, 0.717) is 10.9 Å². The molecule has 6 heteroatoms. The summed E-state index contributed by atoms with van der Waals surface area (Å²) in [6.07, 6.45) is 0.204. The van der Waals surface area contributed by atoms with Crippen molar-refractivity contribution in [2.75, 3.05) is 0 Å². The van der Waals surface area contributed by atoms with Gasteiger partial charge in [-0.25, -0.2) is 9.59 Å². The first kappa shape index (κ1) is 10.0. The number of aromatic nitrogens is 1. The Morgan fingerprint density at radius 3 is 2.62 bits per heavy atom. The summed E-state index contributed by atoms with van der Waals surface area (Å²) >= 11 is 0. The first-order chi connectivity index (χ1) is 7.59. The SMILES string of the molecule is NC(=O)On1cc(C(=O)O)c2ccccc21. The number of carbonyl (C=O) groups excluding carboxylic acids is 1. The minimum atomic E-state index is -1.09. The topological polar surface area (TPSA) is 94.6 Å². The van der Waals surface area contributed by atoms with Crippen molar-refractivity contribution in [2.24, 2.45) is 5.73 Å². The smallest absolute Gasteiger partial charge is 0.429 e. The quantitative estimate of drug-likeness (QED) is 0.784. The van der Waals surface area contributed by atoms with Crippen LogP contribution in [0.25, 0.3) is 10.9 Å². The van der Waals surface area contributed by atoms with Crippen LogP contribution in [0.2, 0.25) is 0 Å². The van der Waals surface area contributed by atoms with Crippen molar-refractivity contribution in [3.05, 3.63) is 36.0 Å². The van der Waals surface area contributed by atoms with Crippen LogP contribution in [-0.4, -0.2) is 21.9 Å². The highest BCUT2D eigenvalue weighted by Gasteiger charge is 2.15. The zero-order valence-corrected chi connectivity index (χ0v) is 8.08. The number of hydrogen-bond acceptors (Lipinski definition) is 3. The van der Waals surface area contributed by atoms with E-state index in [1.807, 2.05) is 0 Å². The molecule has 1 aromatic heterocycles. The van der Waals surface area contributed by atoms with Gasteiger partial charge in [-0.1, -0.05) is 18.2 Å². The van der Waals surface area contributed by atoms with E-state index in [4.69, 9.17) is 10.8 Å². The lowest BCUT2D eigenvalue weighted by Gasteiger charge is -2.01. The molecule has 3 N–H and O–H groups in total. The Bertz CT molecular complexity index is 573. The maximum Gasteiger partial charge on any atom is 0.429 e. The lowest BCUT2D eigenvalue weighted by atomic mass is 10.2. The molecule has 0 bridgehead atoms. The van der Waals surface area contributed by atoms with Crippen molar-refractivity contribution in [1.29, 1.82) is 0 Å². The largest absolute Gasteiger partial charge is 0.478 e. The molecule has 0 aliphatic carbocycles. The molecule has 0 atom stereocenters. The van der Waals surface area contributed by atoms with Gasteiger partial charge in [-0.15, -0.1) is 0 Å². The summed E-state index contributed by atoms with van der Waals surface area (Å²) in [5.74, 6) is -1.09. The second kappa shape index (κ2) is 3.58. The van der Waals surface area contributed by atoms with Crippen molar-refractivity contribution in [2.45, 2.75) is 0 Å². The normalized spacial score (nSPS) is 10.2. The molecular weight excluding hydrogens is 212 g/mol. The van der Waals surface area contributed by atoms with Gasteiger partial charge in [-0.2, -0.15) is 4.73 Å². The molecule has 16 heavy (non-hydrogen) atoms.